The lowest BCUT2D eigenvalue weighted by Crippen LogP contribution is -2.03. The van der Waals surface area contributed by atoms with E-state index in [1.54, 1.807) is 12.1 Å². The van der Waals surface area contributed by atoms with Crippen molar-refractivity contribution in [3.05, 3.63) is 40.3 Å². The zero-order chi connectivity index (χ0) is 11.4. The summed E-state index contributed by atoms with van der Waals surface area (Å²) in [6.07, 6.45) is 1.32. The molecule has 0 saturated carbocycles. The molecule has 0 N–H and O–H groups in total. The van der Waals surface area contributed by atoms with Crippen LogP contribution in [0.4, 0.5) is 5.69 Å². The monoisotopic (exact) mass is 217 g/mol. The first-order chi connectivity index (χ1) is 7.78. The van der Waals surface area contributed by atoms with Gasteiger partial charge in [-0.15, -0.1) is 0 Å². The van der Waals surface area contributed by atoms with Crippen molar-refractivity contribution >= 4 is 11.7 Å². The number of rotatable bonds is 3. The van der Waals surface area contributed by atoms with Crippen molar-refractivity contribution in [1.29, 1.82) is 0 Å². The molecule has 0 amide bonds. The van der Waals surface area contributed by atoms with Gasteiger partial charge in [0.05, 0.1) is 13.0 Å². The standard InChI is InChI=1S/C11H11N3O2/c12-14-13-10-3-1-8(2-4-10)5-9-6-11(15)16-7-9/h1-4,9H,5-7H2. The van der Waals surface area contributed by atoms with E-state index in [9.17, 15) is 4.79 Å². The summed E-state index contributed by atoms with van der Waals surface area (Å²) in [6, 6.07) is 7.36. The van der Waals surface area contributed by atoms with Crippen LogP contribution in [0, 0.1) is 5.92 Å². The normalized spacial score (nSPS) is 19.0. The number of carbonyl (C=O) groups is 1. The van der Waals surface area contributed by atoms with Crippen molar-refractivity contribution in [3.63, 3.8) is 0 Å². The maximum absolute atomic E-state index is 10.9. The number of benzene rings is 1. The van der Waals surface area contributed by atoms with Gasteiger partial charge < -0.3 is 4.74 Å². The summed E-state index contributed by atoms with van der Waals surface area (Å²) in [7, 11) is 0. The van der Waals surface area contributed by atoms with E-state index < -0.39 is 0 Å². The van der Waals surface area contributed by atoms with Crippen molar-refractivity contribution in [2.24, 2.45) is 11.0 Å². The van der Waals surface area contributed by atoms with Crippen LogP contribution in [0.1, 0.15) is 12.0 Å². The number of carbonyl (C=O) groups excluding carboxylic acids is 1. The average molecular weight is 217 g/mol. The maximum atomic E-state index is 10.9. The fourth-order valence-corrected chi connectivity index (χ4v) is 1.78. The number of azide groups is 1. The molecule has 1 fully saturated rings. The van der Waals surface area contributed by atoms with Gasteiger partial charge in [0.2, 0.25) is 0 Å². The third-order valence-electron chi connectivity index (χ3n) is 2.56. The zero-order valence-corrected chi connectivity index (χ0v) is 8.67. The summed E-state index contributed by atoms with van der Waals surface area (Å²) >= 11 is 0. The molecule has 0 radical (unpaired) electrons. The van der Waals surface area contributed by atoms with Crippen LogP contribution in [0.15, 0.2) is 29.4 Å². The summed E-state index contributed by atoms with van der Waals surface area (Å²) in [5.74, 6) is 0.161. The minimum atomic E-state index is -0.115. The van der Waals surface area contributed by atoms with E-state index >= 15 is 0 Å². The Morgan fingerprint density at radius 1 is 1.44 bits per heavy atom. The van der Waals surface area contributed by atoms with Crippen molar-refractivity contribution in [1.82, 2.24) is 0 Å². The molecule has 1 heterocycles. The number of cyclic esters (lactones) is 1. The number of nitrogens with zero attached hydrogens (tertiary/aromatic N) is 3. The molecule has 1 aromatic carbocycles. The first-order valence-corrected chi connectivity index (χ1v) is 5.07. The fourth-order valence-electron chi connectivity index (χ4n) is 1.78. The Kier molecular flexibility index (Phi) is 3.08. The van der Waals surface area contributed by atoms with E-state index in [1.807, 2.05) is 12.1 Å². The largest absolute Gasteiger partial charge is 0.465 e. The Labute approximate surface area is 92.7 Å². The summed E-state index contributed by atoms with van der Waals surface area (Å²) in [5.41, 5.74) is 9.98. The molecule has 1 aliphatic rings. The summed E-state index contributed by atoms with van der Waals surface area (Å²) in [5, 5.41) is 3.49. The molecule has 0 spiro atoms. The highest BCUT2D eigenvalue weighted by molar-refractivity contribution is 5.71. The smallest absolute Gasteiger partial charge is 0.306 e. The molecule has 1 saturated heterocycles. The predicted octanol–water partition coefficient (Wildman–Crippen LogP) is 2.73. The number of esters is 1. The average Bonchev–Trinajstić information content (AvgIpc) is 2.67. The maximum Gasteiger partial charge on any atom is 0.306 e. The van der Waals surface area contributed by atoms with Crippen LogP contribution in [-0.2, 0) is 16.0 Å². The van der Waals surface area contributed by atoms with Crippen LogP contribution < -0.4 is 0 Å². The highest BCUT2D eigenvalue weighted by Gasteiger charge is 2.23. The van der Waals surface area contributed by atoms with Gasteiger partial charge in [-0.2, -0.15) is 0 Å². The predicted molar refractivity (Wildman–Crippen MR) is 58.0 cm³/mol. The van der Waals surface area contributed by atoms with Crippen LogP contribution in [0.2, 0.25) is 0 Å². The van der Waals surface area contributed by atoms with E-state index in [0.29, 0.717) is 18.7 Å². The molecule has 1 aromatic rings. The molecule has 16 heavy (non-hydrogen) atoms. The Morgan fingerprint density at radius 3 is 2.75 bits per heavy atom. The van der Waals surface area contributed by atoms with Crippen molar-refractivity contribution in [2.45, 2.75) is 12.8 Å². The second-order valence-corrected chi connectivity index (χ2v) is 3.81. The molecule has 5 heteroatoms. The van der Waals surface area contributed by atoms with Crippen LogP contribution in [-0.4, -0.2) is 12.6 Å². The Bertz CT molecular complexity index is 435. The summed E-state index contributed by atoms with van der Waals surface area (Å²) < 4.78 is 4.89. The molecule has 1 aliphatic heterocycles. The molecule has 1 unspecified atom stereocenters. The van der Waals surface area contributed by atoms with Crippen LogP contribution in [0.3, 0.4) is 0 Å². The minimum Gasteiger partial charge on any atom is -0.465 e. The van der Waals surface area contributed by atoms with Gasteiger partial charge in [-0.05, 0) is 17.5 Å². The van der Waals surface area contributed by atoms with E-state index in [0.717, 1.165) is 12.0 Å². The van der Waals surface area contributed by atoms with Gasteiger partial charge >= 0.3 is 5.97 Å². The van der Waals surface area contributed by atoms with Crippen molar-refractivity contribution in [3.8, 4) is 0 Å². The molecule has 0 aromatic heterocycles. The highest BCUT2D eigenvalue weighted by atomic mass is 16.5. The number of ether oxygens (including phenoxy) is 1. The van der Waals surface area contributed by atoms with E-state index in [4.69, 9.17) is 10.3 Å². The van der Waals surface area contributed by atoms with Crippen molar-refractivity contribution < 1.29 is 9.53 Å². The second kappa shape index (κ2) is 4.68. The van der Waals surface area contributed by atoms with E-state index in [2.05, 4.69) is 10.0 Å². The van der Waals surface area contributed by atoms with Gasteiger partial charge in [0.1, 0.15) is 0 Å². The molecular formula is C11H11N3O2. The van der Waals surface area contributed by atoms with E-state index in [1.165, 1.54) is 0 Å². The van der Waals surface area contributed by atoms with Crippen LogP contribution >= 0.6 is 0 Å². The first-order valence-electron chi connectivity index (χ1n) is 5.07. The molecule has 2 rings (SSSR count). The van der Waals surface area contributed by atoms with E-state index in [-0.39, 0.29) is 11.9 Å². The molecule has 5 nitrogen and oxygen atoms in total. The Morgan fingerprint density at radius 2 is 2.19 bits per heavy atom. The molecule has 82 valence electrons. The second-order valence-electron chi connectivity index (χ2n) is 3.81. The molecular weight excluding hydrogens is 206 g/mol. The lowest BCUT2D eigenvalue weighted by atomic mass is 9.98. The van der Waals surface area contributed by atoms with Gasteiger partial charge in [0.25, 0.3) is 0 Å². The van der Waals surface area contributed by atoms with Gasteiger partial charge in [-0.3, -0.25) is 4.79 Å². The summed E-state index contributed by atoms with van der Waals surface area (Å²) in [4.78, 5) is 13.6. The lowest BCUT2D eigenvalue weighted by Gasteiger charge is -2.05. The first kappa shape index (κ1) is 10.5. The van der Waals surface area contributed by atoms with Crippen LogP contribution in [0.5, 0.6) is 0 Å². The van der Waals surface area contributed by atoms with Gasteiger partial charge in [-0.25, -0.2) is 0 Å². The van der Waals surface area contributed by atoms with Gasteiger partial charge in [0.15, 0.2) is 0 Å². The SMILES string of the molecule is [N-]=[N+]=Nc1ccc(CC2COC(=O)C2)cc1. The third kappa shape index (κ3) is 2.52. The van der Waals surface area contributed by atoms with Crippen LogP contribution in [0.25, 0.3) is 10.4 Å². The highest BCUT2D eigenvalue weighted by Crippen LogP contribution is 2.21. The van der Waals surface area contributed by atoms with Gasteiger partial charge in [0, 0.05) is 16.5 Å². The third-order valence-corrected chi connectivity index (χ3v) is 2.56. The Balaban J connectivity index is 1.99. The van der Waals surface area contributed by atoms with Gasteiger partial charge in [-0.1, -0.05) is 29.4 Å². The zero-order valence-electron chi connectivity index (χ0n) is 8.67. The van der Waals surface area contributed by atoms with Crippen molar-refractivity contribution in [2.75, 3.05) is 6.61 Å². The number of hydrogen-bond acceptors (Lipinski definition) is 3. The fraction of sp³-hybridized carbons (Fsp3) is 0.364. The number of hydrogen-bond donors (Lipinski definition) is 0. The minimum absolute atomic E-state index is 0.115. The quantitative estimate of drug-likeness (QED) is 0.338. The Hall–Kier alpha value is -2.00. The molecule has 1 atom stereocenters. The topological polar surface area (TPSA) is 75.1 Å². The molecule has 0 aliphatic carbocycles. The lowest BCUT2D eigenvalue weighted by molar-refractivity contribution is -0.137. The summed E-state index contributed by atoms with van der Waals surface area (Å²) in [6.45, 7) is 0.511. The molecule has 0 bridgehead atoms.